The molecule has 110 valence electrons. The molecule has 1 aromatic heterocycles. The van der Waals surface area contributed by atoms with Gasteiger partial charge in [-0.15, -0.1) is 0 Å². The lowest BCUT2D eigenvalue weighted by atomic mass is 10.1. The molecule has 1 saturated heterocycles. The number of carboxylic acids is 1. The average molecular weight is 283 g/mol. The highest BCUT2D eigenvalue weighted by molar-refractivity contribution is 5.68. The summed E-state index contributed by atoms with van der Waals surface area (Å²) in [5.41, 5.74) is -0.318. The van der Waals surface area contributed by atoms with Crippen LogP contribution in [0.2, 0.25) is 0 Å². The predicted molar refractivity (Wildman–Crippen MR) is 70.2 cm³/mol. The van der Waals surface area contributed by atoms with Crippen LogP contribution in [0.3, 0.4) is 0 Å². The van der Waals surface area contributed by atoms with Gasteiger partial charge in [0.15, 0.2) is 5.82 Å². The van der Waals surface area contributed by atoms with Crippen LogP contribution in [0.4, 0.5) is 5.82 Å². The minimum Gasteiger partial charge on any atom is -0.489 e. The number of aromatic nitrogens is 2. The van der Waals surface area contributed by atoms with Crippen molar-refractivity contribution >= 4 is 11.8 Å². The number of hydrogen-bond acceptors (Lipinski definition) is 6. The minimum atomic E-state index is -0.967. The Hall–Kier alpha value is -2.09. The van der Waals surface area contributed by atoms with E-state index < -0.39 is 5.97 Å². The number of carboxylic acid groups (broad SMARTS) is 1. The van der Waals surface area contributed by atoms with Gasteiger partial charge >= 0.3 is 5.97 Å². The van der Waals surface area contributed by atoms with Crippen LogP contribution >= 0.6 is 0 Å². The third-order valence-electron chi connectivity index (χ3n) is 3.18. The largest absolute Gasteiger partial charge is 0.489 e. The zero-order valence-electron chi connectivity index (χ0n) is 11.2. The summed E-state index contributed by atoms with van der Waals surface area (Å²) in [5, 5.41) is 8.57. The van der Waals surface area contributed by atoms with E-state index in [2.05, 4.69) is 9.97 Å². The number of methoxy groups -OCH3 is 1. The molecule has 0 saturated carbocycles. The number of aromatic amines is 1. The van der Waals surface area contributed by atoms with Gasteiger partial charge in [0, 0.05) is 13.1 Å². The van der Waals surface area contributed by atoms with E-state index in [0.717, 1.165) is 0 Å². The van der Waals surface area contributed by atoms with E-state index in [0.29, 0.717) is 31.7 Å². The van der Waals surface area contributed by atoms with Crippen molar-refractivity contribution in [2.45, 2.75) is 18.9 Å². The fourth-order valence-electron chi connectivity index (χ4n) is 2.21. The molecule has 0 aromatic carbocycles. The predicted octanol–water partition coefficient (Wildman–Crippen LogP) is -0.151. The maximum absolute atomic E-state index is 11.6. The number of aliphatic carboxylic acids is 1. The average Bonchev–Trinajstić information content (AvgIpc) is 2.45. The summed E-state index contributed by atoms with van der Waals surface area (Å²) < 4.78 is 10.3. The maximum atomic E-state index is 11.6. The van der Waals surface area contributed by atoms with Crippen molar-refractivity contribution in [2.24, 2.45) is 0 Å². The Balaban J connectivity index is 1.99. The van der Waals surface area contributed by atoms with E-state index in [4.69, 9.17) is 14.6 Å². The highest BCUT2D eigenvalue weighted by Gasteiger charge is 2.24. The molecular weight excluding hydrogens is 266 g/mol. The van der Waals surface area contributed by atoms with Crippen molar-refractivity contribution in [3.8, 4) is 5.75 Å². The van der Waals surface area contributed by atoms with Crippen LogP contribution in [0.5, 0.6) is 5.75 Å². The molecule has 0 bridgehead atoms. The van der Waals surface area contributed by atoms with Crippen LogP contribution in [-0.4, -0.2) is 54.0 Å². The number of rotatable bonds is 5. The van der Waals surface area contributed by atoms with Crippen molar-refractivity contribution in [3.63, 3.8) is 0 Å². The number of piperidine rings is 1. The maximum Gasteiger partial charge on any atom is 0.329 e. The molecule has 1 aromatic rings. The van der Waals surface area contributed by atoms with Gasteiger partial charge < -0.3 is 24.5 Å². The monoisotopic (exact) mass is 283 g/mol. The molecule has 0 amide bonds. The topological polar surface area (TPSA) is 105 Å². The summed E-state index contributed by atoms with van der Waals surface area (Å²) in [6.07, 6.45) is 2.64. The lowest BCUT2D eigenvalue weighted by molar-refractivity contribution is -0.144. The Kier molecular flexibility index (Phi) is 4.57. The molecule has 0 atom stereocenters. The standard InChI is InChI=1S/C12H17N3O5/c1-19-10-11(13-7-14-12(10)18)15-4-2-8(3-5-15)20-6-9(16)17/h7-8H,2-6H2,1H3,(H,16,17)(H,13,14,18). The fourth-order valence-corrected chi connectivity index (χ4v) is 2.21. The molecule has 1 aliphatic heterocycles. The van der Waals surface area contributed by atoms with Gasteiger partial charge in [-0.05, 0) is 12.8 Å². The highest BCUT2D eigenvalue weighted by atomic mass is 16.5. The summed E-state index contributed by atoms with van der Waals surface area (Å²) in [7, 11) is 1.43. The van der Waals surface area contributed by atoms with Crippen LogP contribution in [0.1, 0.15) is 12.8 Å². The Morgan fingerprint density at radius 3 is 2.85 bits per heavy atom. The minimum absolute atomic E-state index is 0.0738. The molecule has 8 nitrogen and oxygen atoms in total. The third-order valence-corrected chi connectivity index (χ3v) is 3.18. The Morgan fingerprint density at radius 1 is 1.55 bits per heavy atom. The molecule has 2 rings (SSSR count). The van der Waals surface area contributed by atoms with E-state index >= 15 is 0 Å². The molecule has 20 heavy (non-hydrogen) atoms. The molecule has 8 heteroatoms. The second-order valence-electron chi connectivity index (χ2n) is 4.48. The van der Waals surface area contributed by atoms with E-state index in [1.54, 1.807) is 0 Å². The number of ether oxygens (including phenoxy) is 2. The summed E-state index contributed by atoms with van der Waals surface area (Å²) in [4.78, 5) is 30.6. The molecule has 0 unspecified atom stereocenters. The third kappa shape index (κ3) is 3.27. The summed E-state index contributed by atoms with van der Waals surface area (Å²) in [5.74, 6) is -0.268. The smallest absolute Gasteiger partial charge is 0.329 e. The van der Waals surface area contributed by atoms with Gasteiger partial charge in [0.25, 0.3) is 5.56 Å². The second-order valence-corrected chi connectivity index (χ2v) is 4.48. The molecular formula is C12H17N3O5. The van der Waals surface area contributed by atoms with Crippen molar-refractivity contribution in [1.82, 2.24) is 9.97 Å². The van der Waals surface area contributed by atoms with Gasteiger partial charge in [0.05, 0.1) is 19.5 Å². The summed E-state index contributed by atoms with van der Waals surface area (Å²) in [6.45, 7) is 0.992. The highest BCUT2D eigenvalue weighted by Crippen LogP contribution is 2.24. The summed E-state index contributed by atoms with van der Waals surface area (Å²) >= 11 is 0. The number of hydrogen-bond donors (Lipinski definition) is 2. The van der Waals surface area contributed by atoms with Crippen LogP contribution in [0.15, 0.2) is 11.1 Å². The number of carbonyl (C=O) groups is 1. The van der Waals surface area contributed by atoms with E-state index in [1.165, 1.54) is 13.4 Å². The van der Waals surface area contributed by atoms with Crippen molar-refractivity contribution in [3.05, 3.63) is 16.7 Å². The molecule has 0 radical (unpaired) electrons. The lowest BCUT2D eigenvalue weighted by Gasteiger charge is -2.32. The summed E-state index contributed by atoms with van der Waals surface area (Å²) in [6, 6.07) is 0. The van der Waals surface area contributed by atoms with E-state index in [-0.39, 0.29) is 24.0 Å². The van der Waals surface area contributed by atoms with Crippen LogP contribution < -0.4 is 15.2 Å². The van der Waals surface area contributed by atoms with Gasteiger partial charge in [0.1, 0.15) is 6.61 Å². The molecule has 1 aliphatic rings. The number of nitrogens with zero attached hydrogens (tertiary/aromatic N) is 2. The zero-order valence-corrected chi connectivity index (χ0v) is 11.2. The van der Waals surface area contributed by atoms with Crippen LogP contribution in [0.25, 0.3) is 0 Å². The number of anilines is 1. The van der Waals surface area contributed by atoms with Gasteiger partial charge in [-0.3, -0.25) is 4.79 Å². The van der Waals surface area contributed by atoms with Crippen LogP contribution in [-0.2, 0) is 9.53 Å². The first-order valence-electron chi connectivity index (χ1n) is 6.32. The fraction of sp³-hybridized carbons (Fsp3) is 0.583. The van der Waals surface area contributed by atoms with Gasteiger partial charge in [-0.2, -0.15) is 0 Å². The van der Waals surface area contributed by atoms with E-state index in [9.17, 15) is 9.59 Å². The Bertz CT molecular complexity index is 522. The SMILES string of the molecule is COc1c(N2CCC(OCC(=O)O)CC2)nc[nH]c1=O. The van der Waals surface area contributed by atoms with Crippen molar-refractivity contribution < 1.29 is 19.4 Å². The Morgan fingerprint density at radius 2 is 2.25 bits per heavy atom. The normalized spacial score (nSPS) is 16.1. The first-order valence-corrected chi connectivity index (χ1v) is 6.32. The van der Waals surface area contributed by atoms with Gasteiger partial charge in [-0.1, -0.05) is 0 Å². The zero-order chi connectivity index (χ0) is 14.5. The van der Waals surface area contributed by atoms with Crippen LogP contribution in [0, 0.1) is 0 Å². The molecule has 0 aliphatic carbocycles. The molecule has 2 heterocycles. The Labute approximate surface area is 115 Å². The van der Waals surface area contributed by atoms with E-state index in [1.807, 2.05) is 4.90 Å². The molecule has 1 fully saturated rings. The van der Waals surface area contributed by atoms with Gasteiger partial charge in [-0.25, -0.2) is 9.78 Å². The first kappa shape index (κ1) is 14.3. The quantitative estimate of drug-likeness (QED) is 0.774. The number of nitrogens with one attached hydrogen (secondary N) is 1. The lowest BCUT2D eigenvalue weighted by Crippen LogP contribution is -2.39. The molecule has 0 spiro atoms. The second kappa shape index (κ2) is 6.38. The van der Waals surface area contributed by atoms with Crippen molar-refractivity contribution in [2.75, 3.05) is 31.7 Å². The number of H-pyrrole nitrogens is 1. The van der Waals surface area contributed by atoms with Gasteiger partial charge in [0.2, 0.25) is 5.75 Å². The molecule has 2 N–H and O–H groups in total. The first-order chi connectivity index (χ1) is 9.61. The van der Waals surface area contributed by atoms with Crippen molar-refractivity contribution in [1.29, 1.82) is 0 Å².